The summed E-state index contributed by atoms with van der Waals surface area (Å²) in [6.45, 7) is 2.95. The zero-order valence-corrected chi connectivity index (χ0v) is 13.8. The van der Waals surface area contributed by atoms with Crippen LogP contribution in [0, 0.1) is 10.1 Å². The average molecular weight is 352 g/mol. The lowest BCUT2D eigenvalue weighted by atomic mass is 10.3. The number of ether oxygens (including phenoxy) is 1. The van der Waals surface area contributed by atoms with Gasteiger partial charge in [0.25, 0.3) is 5.69 Å². The molecule has 1 N–H and O–H groups in total. The van der Waals surface area contributed by atoms with Crippen molar-refractivity contribution >= 4 is 28.1 Å². The number of rotatable bonds is 4. The van der Waals surface area contributed by atoms with Crippen molar-refractivity contribution in [3.63, 3.8) is 0 Å². The summed E-state index contributed by atoms with van der Waals surface area (Å²) in [5.74, 6) is 0.245. The van der Waals surface area contributed by atoms with Crippen LogP contribution < -0.4 is 10.1 Å². The highest BCUT2D eigenvalue weighted by molar-refractivity contribution is 7.89. The second-order valence-electron chi connectivity index (χ2n) is 4.81. The third-order valence-electron chi connectivity index (χ3n) is 3.31. The number of hydrogen-bond acceptors (Lipinski definition) is 6. The zero-order valence-electron chi connectivity index (χ0n) is 12.2. The summed E-state index contributed by atoms with van der Waals surface area (Å²) in [7, 11) is -2.53. The predicted octanol–water partition coefficient (Wildman–Crippen LogP) is 1.01. The Kier molecular flexibility index (Phi) is 6.12. The molecule has 1 unspecified atom stereocenters. The number of nitro benzene ring substituents is 1. The lowest BCUT2D eigenvalue weighted by molar-refractivity contribution is -0.387. The third-order valence-corrected chi connectivity index (χ3v) is 5.22. The highest BCUT2D eigenvalue weighted by atomic mass is 35.5. The smallest absolute Gasteiger partial charge is 0.293 e. The molecule has 22 heavy (non-hydrogen) atoms. The fourth-order valence-corrected chi connectivity index (χ4v) is 3.91. The van der Waals surface area contributed by atoms with Crippen molar-refractivity contribution < 1.29 is 18.1 Å². The molecule has 0 radical (unpaired) electrons. The predicted molar refractivity (Wildman–Crippen MR) is 83.1 cm³/mol. The molecule has 1 atom stereocenters. The van der Waals surface area contributed by atoms with E-state index in [1.807, 2.05) is 6.92 Å². The van der Waals surface area contributed by atoms with Gasteiger partial charge < -0.3 is 10.1 Å². The molecule has 0 saturated carbocycles. The van der Waals surface area contributed by atoms with Crippen molar-refractivity contribution in [3.8, 4) is 5.75 Å². The highest BCUT2D eigenvalue weighted by Gasteiger charge is 2.34. The Morgan fingerprint density at radius 1 is 1.45 bits per heavy atom. The van der Waals surface area contributed by atoms with E-state index < -0.39 is 20.6 Å². The van der Waals surface area contributed by atoms with Crippen LogP contribution in [0.15, 0.2) is 23.1 Å². The maximum absolute atomic E-state index is 12.6. The molecule has 124 valence electrons. The number of halogens is 1. The van der Waals surface area contributed by atoms with Crippen LogP contribution in [0.4, 0.5) is 5.69 Å². The number of methoxy groups -OCH3 is 1. The normalized spacial score (nSPS) is 19.3. The van der Waals surface area contributed by atoms with E-state index >= 15 is 0 Å². The topological polar surface area (TPSA) is 102 Å². The van der Waals surface area contributed by atoms with Crippen molar-refractivity contribution in [1.29, 1.82) is 0 Å². The maximum atomic E-state index is 12.6. The molecular weight excluding hydrogens is 334 g/mol. The number of nitrogens with zero attached hydrogens (tertiary/aromatic N) is 2. The third kappa shape index (κ3) is 3.67. The van der Waals surface area contributed by atoms with Crippen molar-refractivity contribution in [3.05, 3.63) is 28.3 Å². The van der Waals surface area contributed by atoms with E-state index in [9.17, 15) is 18.5 Å². The standard InChI is InChI=1S/C12H17N3O5S.ClH/c1-9-8-14(6-5-13-9)21(18,19)12-4-3-10(20-2)7-11(12)15(16)17;/h3-4,7,9,13H,5-6,8H2,1-2H3;1H. The lowest BCUT2D eigenvalue weighted by Gasteiger charge is -2.30. The molecule has 1 saturated heterocycles. The molecule has 0 bridgehead atoms. The molecule has 2 rings (SSSR count). The van der Waals surface area contributed by atoms with E-state index in [4.69, 9.17) is 4.74 Å². The van der Waals surface area contributed by atoms with Gasteiger partial charge in [-0.15, -0.1) is 12.4 Å². The molecule has 0 aromatic heterocycles. The molecule has 8 nitrogen and oxygen atoms in total. The van der Waals surface area contributed by atoms with Gasteiger partial charge >= 0.3 is 0 Å². The number of nitrogens with one attached hydrogen (secondary N) is 1. The number of hydrogen-bond donors (Lipinski definition) is 1. The Morgan fingerprint density at radius 2 is 2.14 bits per heavy atom. The quantitative estimate of drug-likeness (QED) is 0.641. The summed E-state index contributed by atoms with van der Waals surface area (Å²) in [6.07, 6.45) is 0. The number of piperazine rings is 1. The second-order valence-corrected chi connectivity index (χ2v) is 6.72. The van der Waals surface area contributed by atoms with Crippen LogP contribution in [0.25, 0.3) is 0 Å². The monoisotopic (exact) mass is 351 g/mol. The van der Waals surface area contributed by atoms with Gasteiger partial charge in [-0.3, -0.25) is 10.1 Å². The van der Waals surface area contributed by atoms with E-state index in [-0.39, 0.29) is 42.2 Å². The summed E-state index contributed by atoms with van der Waals surface area (Å²) in [4.78, 5) is 10.1. The highest BCUT2D eigenvalue weighted by Crippen LogP contribution is 2.30. The Balaban J connectivity index is 0.00000242. The van der Waals surface area contributed by atoms with Crippen molar-refractivity contribution in [2.24, 2.45) is 0 Å². The van der Waals surface area contributed by atoms with E-state index in [0.29, 0.717) is 6.54 Å². The molecule has 1 fully saturated rings. The van der Waals surface area contributed by atoms with Gasteiger partial charge in [0.1, 0.15) is 5.75 Å². The van der Waals surface area contributed by atoms with Crippen LogP contribution in [0.3, 0.4) is 0 Å². The average Bonchev–Trinajstić information content (AvgIpc) is 2.46. The largest absolute Gasteiger partial charge is 0.497 e. The summed E-state index contributed by atoms with van der Waals surface area (Å²) < 4.78 is 31.4. The Hall–Kier alpha value is -1.42. The molecule has 1 aromatic rings. The Morgan fingerprint density at radius 3 is 2.68 bits per heavy atom. The molecule has 1 heterocycles. The van der Waals surface area contributed by atoms with Crippen molar-refractivity contribution in [2.45, 2.75) is 17.9 Å². The minimum Gasteiger partial charge on any atom is -0.497 e. The van der Waals surface area contributed by atoms with Gasteiger partial charge in [-0.1, -0.05) is 0 Å². The molecule has 1 aromatic carbocycles. The number of sulfonamides is 1. The molecular formula is C12H18ClN3O5S. The van der Waals surface area contributed by atoms with Crippen LogP contribution in [-0.4, -0.2) is 50.4 Å². The first-order valence-electron chi connectivity index (χ1n) is 6.42. The van der Waals surface area contributed by atoms with Crippen LogP contribution in [0.5, 0.6) is 5.75 Å². The van der Waals surface area contributed by atoms with Gasteiger partial charge in [-0.2, -0.15) is 4.31 Å². The first-order valence-corrected chi connectivity index (χ1v) is 7.86. The molecule has 0 amide bonds. The summed E-state index contributed by atoms with van der Waals surface area (Å²) in [5, 5.41) is 14.3. The molecule has 10 heteroatoms. The lowest BCUT2D eigenvalue weighted by Crippen LogP contribution is -2.51. The van der Waals surface area contributed by atoms with Gasteiger partial charge in [0.05, 0.1) is 18.1 Å². The fraction of sp³-hybridized carbons (Fsp3) is 0.500. The van der Waals surface area contributed by atoms with Crippen molar-refractivity contribution in [1.82, 2.24) is 9.62 Å². The van der Waals surface area contributed by atoms with E-state index in [2.05, 4.69) is 5.32 Å². The second kappa shape index (κ2) is 7.23. The number of benzene rings is 1. The summed E-state index contributed by atoms with van der Waals surface area (Å²) in [5.41, 5.74) is -0.472. The van der Waals surface area contributed by atoms with Gasteiger partial charge in [-0.05, 0) is 19.1 Å². The van der Waals surface area contributed by atoms with Gasteiger partial charge in [0.2, 0.25) is 10.0 Å². The molecule has 0 aliphatic carbocycles. The Bertz CT molecular complexity index is 652. The van der Waals surface area contributed by atoms with E-state index in [1.165, 1.54) is 23.5 Å². The minimum absolute atomic E-state index is 0. The van der Waals surface area contributed by atoms with Crippen LogP contribution in [0.1, 0.15) is 6.92 Å². The minimum atomic E-state index is -3.90. The molecule has 0 spiro atoms. The van der Waals surface area contributed by atoms with Crippen LogP contribution in [-0.2, 0) is 10.0 Å². The molecule has 1 aliphatic heterocycles. The van der Waals surface area contributed by atoms with Gasteiger partial charge in [0.15, 0.2) is 4.90 Å². The van der Waals surface area contributed by atoms with Crippen molar-refractivity contribution in [2.75, 3.05) is 26.7 Å². The summed E-state index contributed by atoms with van der Waals surface area (Å²) in [6, 6.07) is 3.76. The fourth-order valence-electron chi connectivity index (χ4n) is 2.24. The van der Waals surface area contributed by atoms with Crippen LogP contribution in [0.2, 0.25) is 0 Å². The van der Waals surface area contributed by atoms with Gasteiger partial charge in [-0.25, -0.2) is 8.42 Å². The molecule has 1 aliphatic rings. The number of nitro groups is 1. The zero-order chi connectivity index (χ0) is 15.6. The van der Waals surface area contributed by atoms with E-state index in [0.717, 1.165) is 6.07 Å². The van der Waals surface area contributed by atoms with E-state index in [1.54, 1.807) is 0 Å². The first kappa shape index (κ1) is 18.6. The maximum Gasteiger partial charge on any atom is 0.293 e. The van der Waals surface area contributed by atoms with Crippen LogP contribution >= 0.6 is 12.4 Å². The first-order chi connectivity index (χ1) is 9.86. The Labute approximate surface area is 135 Å². The summed E-state index contributed by atoms with van der Waals surface area (Å²) >= 11 is 0. The van der Waals surface area contributed by atoms with Gasteiger partial charge in [0, 0.05) is 25.7 Å². The SMILES string of the molecule is COc1ccc(S(=O)(=O)N2CCNC(C)C2)c([N+](=O)[O-])c1.Cl.